The van der Waals surface area contributed by atoms with Gasteiger partial charge in [0.25, 0.3) is 0 Å². The molecule has 3 rings (SSSR count). The van der Waals surface area contributed by atoms with E-state index >= 15 is 0 Å². The molecule has 0 fully saturated rings. The number of rotatable bonds is 6. The predicted octanol–water partition coefficient (Wildman–Crippen LogP) is 3.16. The Morgan fingerprint density at radius 3 is 2.91 bits per heavy atom. The van der Waals surface area contributed by atoms with Crippen molar-refractivity contribution in [1.29, 1.82) is 0 Å². The van der Waals surface area contributed by atoms with Crippen molar-refractivity contribution in [1.82, 2.24) is 9.78 Å². The van der Waals surface area contributed by atoms with Gasteiger partial charge in [0.1, 0.15) is 0 Å². The summed E-state index contributed by atoms with van der Waals surface area (Å²) in [4.78, 5) is 11.4. The zero-order valence-corrected chi connectivity index (χ0v) is 13.6. The second-order valence-corrected chi connectivity index (χ2v) is 6.26. The van der Waals surface area contributed by atoms with Crippen molar-refractivity contribution in [3.63, 3.8) is 0 Å². The molecule has 0 N–H and O–H groups in total. The smallest absolute Gasteiger partial charge is 0.315 e. The Balaban J connectivity index is 1.74. The summed E-state index contributed by atoms with van der Waals surface area (Å²) < 4.78 is 7.03. The second-order valence-electron chi connectivity index (χ2n) is 5.27. The largest absolute Gasteiger partial charge is 0.465 e. The van der Waals surface area contributed by atoms with Crippen LogP contribution in [0.4, 0.5) is 0 Å². The highest BCUT2D eigenvalue weighted by atomic mass is 32.2. The van der Waals surface area contributed by atoms with Crippen LogP contribution in [0.3, 0.4) is 0 Å². The van der Waals surface area contributed by atoms with Crippen LogP contribution in [0.15, 0.2) is 30.3 Å². The lowest BCUT2D eigenvalue weighted by atomic mass is 10.2. The van der Waals surface area contributed by atoms with Crippen LogP contribution in [0, 0.1) is 0 Å². The fourth-order valence-corrected chi connectivity index (χ4v) is 3.62. The Morgan fingerprint density at radius 2 is 2.14 bits per heavy atom. The predicted molar refractivity (Wildman–Crippen MR) is 88.4 cm³/mol. The molecule has 1 heterocycles. The average Bonchev–Trinajstić information content (AvgIpc) is 3.12. The molecular formula is C17H20N2O2S. The van der Waals surface area contributed by atoms with Gasteiger partial charge in [0.2, 0.25) is 0 Å². The number of esters is 1. The quantitative estimate of drug-likeness (QED) is 0.768. The maximum absolute atomic E-state index is 11.4. The third-order valence-corrected chi connectivity index (χ3v) is 4.70. The molecule has 22 heavy (non-hydrogen) atoms. The molecule has 1 aliphatic rings. The van der Waals surface area contributed by atoms with Gasteiger partial charge in [-0.25, -0.2) is 4.68 Å². The minimum absolute atomic E-state index is 0.147. The molecule has 0 bridgehead atoms. The minimum atomic E-state index is -0.147. The van der Waals surface area contributed by atoms with Crippen LogP contribution in [0.2, 0.25) is 0 Å². The van der Waals surface area contributed by atoms with E-state index in [4.69, 9.17) is 9.84 Å². The second kappa shape index (κ2) is 7.01. The van der Waals surface area contributed by atoms with Gasteiger partial charge in [-0.1, -0.05) is 18.2 Å². The van der Waals surface area contributed by atoms with Crippen molar-refractivity contribution in [2.45, 2.75) is 31.9 Å². The highest BCUT2D eigenvalue weighted by molar-refractivity contribution is 7.99. The van der Waals surface area contributed by atoms with Crippen molar-refractivity contribution >= 4 is 17.7 Å². The Hall–Kier alpha value is -1.75. The molecule has 0 saturated heterocycles. The summed E-state index contributed by atoms with van der Waals surface area (Å²) >= 11 is 1.58. The van der Waals surface area contributed by atoms with Gasteiger partial charge in [-0.15, -0.1) is 11.8 Å². The first-order valence-corrected chi connectivity index (χ1v) is 8.83. The topological polar surface area (TPSA) is 44.1 Å². The SMILES string of the molecule is CCOC(=O)CSCc1nn(-c2ccccc2)c2c1CCC2. The van der Waals surface area contributed by atoms with E-state index in [2.05, 4.69) is 16.8 Å². The van der Waals surface area contributed by atoms with Crippen molar-refractivity contribution < 1.29 is 9.53 Å². The van der Waals surface area contributed by atoms with Crippen LogP contribution in [0.5, 0.6) is 0 Å². The number of ether oxygens (including phenoxy) is 1. The lowest BCUT2D eigenvalue weighted by molar-refractivity contribution is -0.139. The van der Waals surface area contributed by atoms with Gasteiger partial charge in [0, 0.05) is 11.4 Å². The number of thioether (sulfide) groups is 1. The maximum Gasteiger partial charge on any atom is 0.315 e. The minimum Gasteiger partial charge on any atom is -0.465 e. The molecule has 0 amide bonds. The molecule has 5 heteroatoms. The number of benzene rings is 1. The first kappa shape index (κ1) is 15.2. The summed E-state index contributed by atoms with van der Waals surface area (Å²) in [7, 11) is 0. The summed E-state index contributed by atoms with van der Waals surface area (Å²) in [5.41, 5.74) is 4.94. The van der Waals surface area contributed by atoms with E-state index in [1.807, 2.05) is 25.1 Å². The molecule has 0 atom stereocenters. The van der Waals surface area contributed by atoms with Gasteiger partial charge in [-0.2, -0.15) is 5.10 Å². The van der Waals surface area contributed by atoms with Crippen LogP contribution in [0.1, 0.15) is 30.3 Å². The van der Waals surface area contributed by atoms with Gasteiger partial charge in [0.05, 0.1) is 23.7 Å². The lowest BCUT2D eigenvalue weighted by Gasteiger charge is -2.04. The van der Waals surface area contributed by atoms with Gasteiger partial charge in [-0.3, -0.25) is 4.79 Å². The van der Waals surface area contributed by atoms with E-state index in [-0.39, 0.29) is 5.97 Å². The molecule has 0 spiro atoms. The van der Waals surface area contributed by atoms with Crippen LogP contribution >= 0.6 is 11.8 Å². The number of carbonyl (C=O) groups is 1. The van der Waals surface area contributed by atoms with E-state index in [0.717, 1.165) is 30.0 Å². The Bertz CT molecular complexity index is 652. The summed E-state index contributed by atoms with van der Waals surface area (Å²) in [6.45, 7) is 2.27. The Labute approximate surface area is 134 Å². The number of fused-ring (bicyclic) bond motifs is 1. The lowest BCUT2D eigenvalue weighted by Crippen LogP contribution is -2.07. The van der Waals surface area contributed by atoms with Crippen molar-refractivity contribution in [2.75, 3.05) is 12.4 Å². The average molecular weight is 316 g/mol. The molecule has 0 radical (unpaired) electrons. The number of para-hydroxylation sites is 1. The van der Waals surface area contributed by atoms with E-state index in [1.165, 1.54) is 17.7 Å². The van der Waals surface area contributed by atoms with E-state index in [1.54, 1.807) is 11.8 Å². The summed E-state index contributed by atoms with van der Waals surface area (Å²) in [6, 6.07) is 10.3. The number of hydrogen-bond donors (Lipinski definition) is 0. The van der Waals surface area contributed by atoms with Gasteiger partial charge < -0.3 is 4.74 Å². The summed E-state index contributed by atoms with van der Waals surface area (Å²) in [6.07, 6.45) is 3.37. The summed E-state index contributed by atoms with van der Waals surface area (Å²) in [5, 5.41) is 4.79. The Morgan fingerprint density at radius 1 is 1.32 bits per heavy atom. The third kappa shape index (κ3) is 3.19. The molecular weight excluding hydrogens is 296 g/mol. The van der Waals surface area contributed by atoms with Gasteiger partial charge in [-0.05, 0) is 43.9 Å². The Kier molecular flexibility index (Phi) is 4.83. The highest BCUT2D eigenvalue weighted by Gasteiger charge is 2.23. The van der Waals surface area contributed by atoms with E-state index in [0.29, 0.717) is 12.4 Å². The molecule has 0 aliphatic heterocycles. The molecule has 2 aromatic rings. The van der Waals surface area contributed by atoms with E-state index < -0.39 is 0 Å². The van der Waals surface area contributed by atoms with Crippen molar-refractivity contribution in [3.8, 4) is 5.69 Å². The van der Waals surface area contributed by atoms with Crippen molar-refractivity contribution in [2.24, 2.45) is 0 Å². The van der Waals surface area contributed by atoms with Crippen LogP contribution in [0.25, 0.3) is 5.69 Å². The molecule has 0 saturated carbocycles. The molecule has 0 unspecified atom stereocenters. The first-order valence-electron chi connectivity index (χ1n) is 7.68. The maximum atomic E-state index is 11.4. The fourth-order valence-electron chi connectivity index (χ4n) is 2.85. The molecule has 1 aromatic carbocycles. The number of carbonyl (C=O) groups excluding carboxylic acids is 1. The fraction of sp³-hybridized carbons (Fsp3) is 0.412. The zero-order chi connectivity index (χ0) is 15.4. The monoisotopic (exact) mass is 316 g/mol. The molecule has 4 nitrogen and oxygen atoms in total. The number of nitrogens with zero attached hydrogens (tertiary/aromatic N) is 2. The third-order valence-electron chi connectivity index (χ3n) is 3.78. The van der Waals surface area contributed by atoms with Crippen LogP contribution in [-0.2, 0) is 28.1 Å². The number of hydrogen-bond acceptors (Lipinski definition) is 4. The van der Waals surface area contributed by atoms with Crippen molar-refractivity contribution in [3.05, 3.63) is 47.3 Å². The molecule has 1 aromatic heterocycles. The molecule has 116 valence electrons. The van der Waals surface area contributed by atoms with Gasteiger partial charge >= 0.3 is 5.97 Å². The summed E-state index contributed by atoms with van der Waals surface area (Å²) in [5.74, 6) is 1.01. The number of aromatic nitrogens is 2. The van der Waals surface area contributed by atoms with Crippen LogP contribution in [-0.4, -0.2) is 28.1 Å². The highest BCUT2D eigenvalue weighted by Crippen LogP contribution is 2.29. The van der Waals surface area contributed by atoms with Crippen LogP contribution < -0.4 is 0 Å². The zero-order valence-electron chi connectivity index (χ0n) is 12.7. The van der Waals surface area contributed by atoms with Gasteiger partial charge in [0.15, 0.2) is 0 Å². The standard InChI is InChI=1S/C17H20N2O2S/c1-2-21-17(20)12-22-11-15-14-9-6-10-16(14)19(18-15)13-7-4-3-5-8-13/h3-5,7-8H,2,6,9-12H2,1H3. The normalized spacial score (nSPS) is 13.1. The first-order chi connectivity index (χ1) is 10.8. The molecule has 1 aliphatic carbocycles. The van der Waals surface area contributed by atoms with E-state index in [9.17, 15) is 4.79 Å².